The lowest BCUT2D eigenvalue weighted by Gasteiger charge is -2.56. The molecule has 0 aliphatic heterocycles. The Labute approximate surface area is 112 Å². The third kappa shape index (κ3) is 1.53. The molecule has 18 heavy (non-hydrogen) atoms. The molecule has 4 fully saturated rings. The van der Waals surface area contributed by atoms with Gasteiger partial charge in [-0.05, 0) is 63.2 Å². The predicted molar refractivity (Wildman–Crippen MR) is 72.6 cm³/mol. The van der Waals surface area contributed by atoms with Gasteiger partial charge in [-0.3, -0.25) is 0 Å². The Morgan fingerprint density at radius 2 is 1.72 bits per heavy atom. The van der Waals surface area contributed by atoms with Crippen molar-refractivity contribution in [3.63, 3.8) is 0 Å². The van der Waals surface area contributed by atoms with Gasteiger partial charge in [0, 0.05) is 5.41 Å². The third-order valence-electron chi connectivity index (χ3n) is 5.49. The minimum Gasteiger partial charge on any atom is -0.391 e. The number of rotatable bonds is 2. The van der Waals surface area contributed by atoms with Gasteiger partial charge in [0.05, 0.1) is 22.2 Å². The summed E-state index contributed by atoms with van der Waals surface area (Å²) in [5, 5.41) is 10.7. The predicted octanol–water partition coefficient (Wildman–Crippen LogP) is 3.41. The van der Waals surface area contributed by atoms with Gasteiger partial charge < -0.3 is 5.11 Å². The fourth-order valence-electron chi connectivity index (χ4n) is 5.39. The van der Waals surface area contributed by atoms with Gasteiger partial charge >= 0.3 is 0 Å². The van der Waals surface area contributed by atoms with Crippen molar-refractivity contribution in [2.75, 3.05) is 0 Å². The van der Waals surface area contributed by atoms with E-state index in [1.165, 1.54) is 44.2 Å². The average Bonchev–Trinajstić information content (AvgIpc) is 2.69. The SMILES string of the molecule is Cc1nc(C23CC4CC(CC(C4)C2)C3)c(CO)s1. The molecule has 1 aromatic heterocycles. The number of aromatic nitrogens is 1. The molecule has 98 valence electrons. The van der Waals surface area contributed by atoms with E-state index >= 15 is 0 Å². The minimum atomic E-state index is 0.183. The molecule has 0 unspecified atom stereocenters. The smallest absolute Gasteiger partial charge is 0.0901 e. The van der Waals surface area contributed by atoms with Crippen LogP contribution in [0.5, 0.6) is 0 Å². The number of hydrogen-bond donors (Lipinski definition) is 1. The van der Waals surface area contributed by atoms with Crippen LogP contribution >= 0.6 is 11.3 Å². The van der Waals surface area contributed by atoms with E-state index in [0.29, 0.717) is 5.41 Å². The van der Waals surface area contributed by atoms with Crippen LogP contribution in [-0.2, 0) is 12.0 Å². The van der Waals surface area contributed by atoms with Crippen LogP contribution in [0.3, 0.4) is 0 Å². The molecule has 1 aromatic rings. The normalized spacial score (nSPS) is 41.6. The molecule has 4 saturated carbocycles. The van der Waals surface area contributed by atoms with Crippen LogP contribution in [0.15, 0.2) is 0 Å². The molecule has 1 heterocycles. The van der Waals surface area contributed by atoms with E-state index in [0.717, 1.165) is 27.6 Å². The van der Waals surface area contributed by atoms with Gasteiger partial charge in [0.1, 0.15) is 0 Å². The second-order valence-electron chi connectivity index (χ2n) is 6.86. The Morgan fingerprint density at radius 1 is 1.17 bits per heavy atom. The first-order valence-corrected chi connectivity index (χ1v) is 8.08. The Kier molecular flexibility index (Phi) is 2.41. The average molecular weight is 263 g/mol. The van der Waals surface area contributed by atoms with Crippen LogP contribution < -0.4 is 0 Å². The summed E-state index contributed by atoms with van der Waals surface area (Å²) >= 11 is 1.70. The monoisotopic (exact) mass is 263 g/mol. The van der Waals surface area contributed by atoms with Crippen molar-refractivity contribution < 1.29 is 5.11 Å². The van der Waals surface area contributed by atoms with Gasteiger partial charge in [-0.1, -0.05) is 0 Å². The van der Waals surface area contributed by atoms with Crippen LogP contribution in [0.2, 0.25) is 0 Å². The van der Waals surface area contributed by atoms with Gasteiger partial charge in [0.25, 0.3) is 0 Å². The van der Waals surface area contributed by atoms with E-state index in [9.17, 15) is 5.11 Å². The number of hydrogen-bond acceptors (Lipinski definition) is 3. The van der Waals surface area contributed by atoms with Crippen molar-refractivity contribution in [1.82, 2.24) is 4.98 Å². The fraction of sp³-hybridized carbons (Fsp3) is 0.800. The Bertz CT molecular complexity index is 444. The van der Waals surface area contributed by atoms with Gasteiger partial charge in [-0.25, -0.2) is 4.98 Å². The maximum Gasteiger partial charge on any atom is 0.0901 e. The van der Waals surface area contributed by atoms with E-state index in [2.05, 4.69) is 6.92 Å². The number of aliphatic hydroxyl groups excluding tert-OH is 1. The summed E-state index contributed by atoms with van der Waals surface area (Å²) in [6.45, 7) is 2.26. The van der Waals surface area contributed by atoms with Crippen molar-refractivity contribution in [1.29, 1.82) is 0 Å². The highest BCUT2D eigenvalue weighted by Crippen LogP contribution is 2.61. The van der Waals surface area contributed by atoms with Crippen molar-refractivity contribution in [3.05, 3.63) is 15.6 Å². The summed E-state index contributed by atoms with van der Waals surface area (Å²) in [5.74, 6) is 2.85. The number of nitrogens with zero attached hydrogens (tertiary/aromatic N) is 1. The Balaban J connectivity index is 1.78. The molecular formula is C15H21NOS. The maximum atomic E-state index is 9.60. The zero-order chi connectivity index (χ0) is 12.3. The van der Waals surface area contributed by atoms with Crippen LogP contribution in [-0.4, -0.2) is 10.1 Å². The molecule has 3 heteroatoms. The molecule has 2 nitrogen and oxygen atoms in total. The fourth-order valence-corrected chi connectivity index (χ4v) is 6.31. The van der Waals surface area contributed by atoms with Gasteiger partial charge in [0.15, 0.2) is 0 Å². The second-order valence-corrected chi connectivity index (χ2v) is 8.15. The van der Waals surface area contributed by atoms with E-state index in [-0.39, 0.29) is 6.61 Å². The third-order valence-corrected chi connectivity index (χ3v) is 6.44. The maximum absolute atomic E-state index is 9.60. The molecule has 0 spiro atoms. The number of thiazole rings is 1. The highest BCUT2D eigenvalue weighted by molar-refractivity contribution is 7.11. The summed E-state index contributed by atoms with van der Waals surface area (Å²) in [6, 6.07) is 0. The number of aryl methyl sites for hydroxylation is 1. The molecule has 4 aliphatic carbocycles. The summed E-state index contributed by atoms with van der Waals surface area (Å²) < 4.78 is 0. The molecule has 0 amide bonds. The van der Waals surface area contributed by atoms with Gasteiger partial charge in [-0.15, -0.1) is 11.3 Å². The summed E-state index contributed by atoms with van der Waals surface area (Å²) in [5.41, 5.74) is 1.63. The van der Waals surface area contributed by atoms with Crippen molar-refractivity contribution in [3.8, 4) is 0 Å². The van der Waals surface area contributed by atoms with Crippen LogP contribution in [0.1, 0.15) is 54.1 Å². The lowest BCUT2D eigenvalue weighted by atomic mass is 9.48. The van der Waals surface area contributed by atoms with E-state index in [1.807, 2.05) is 0 Å². The summed E-state index contributed by atoms with van der Waals surface area (Å²) in [7, 11) is 0. The van der Waals surface area contributed by atoms with E-state index in [1.54, 1.807) is 11.3 Å². The standard InChI is InChI=1S/C15H21NOS/c1-9-16-14(13(8-17)18-9)15-5-10-2-11(6-15)4-12(3-10)7-15/h10-12,17H,2-8H2,1H3. The highest BCUT2D eigenvalue weighted by Gasteiger charge is 2.53. The zero-order valence-corrected chi connectivity index (χ0v) is 11.8. The molecule has 0 radical (unpaired) electrons. The summed E-state index contributed by atoms with van der Waals surface area (Å²) in [4.78, 5) is 5.98. The van der Waals surface area contributed by atoms with Gasteiger partial charge in [-0.2, -0.15) is 0 Å². The molecule has 5 rings (SSSR count). The molecule has 0 saturated heterocycles. The lowest BCUT2D eigenvalue weighted by Crippen LogP contribution is -2.49. The second kappa shape index (κ2) is 3.80. The zero-order valence-electron chi connectivity index (χ0n) is 11.0. The first-order valence-electron chi connectivity index (χ1n) is 7.26. The van der Waals surface area contributed by atoms with Crippen LogP contribution in [0.25, 0.3) is 0 Å². The first-order chi connectivity index (χ1) is 8.68. The Hall–Kier alpha value is -0.410. The van der Waals surface area contributed by atoms with E-state index < -0.39 is 0 Å². The quantitative estimate of drug-likeness (QED) is 0.887. The molecule has 0 aromatic carbocycles. The largest absolute Gasteiger partial charge is 0.391 e. The minimum absolute atomic E-state index is 0.183. The van der Waals surface area contributed by atoms with Crippen LogP contribution in [0, 0.1) is 24.7 Å². The summed E-state index contributed by atoms with van der Waals surface area (Å²) in [6.07, 6.45) is 8.43. The van der Waals surface area contributed by atoms with Crippen molar-refractivity contribution >= 4 is 11.3 Å². The Morgan fingerprint density at radius 3 is 2.22 bits per heavy atom. The molecule has 1 N–H and O–H groups in total. The molecule has 4 aliphatic rings. The molecule has 0 atom stereocenters. The molecular weight excluding hydrogens is 242 g/mol. The molecule has 4 bridgehead atoms. The highest BCUT2D eigenvalue weighted by atomic mass is 32.1. The van der Waals surface area contributed by atoms with Crippen LogP contribution in [0.4, 0.5) is 0 Å². The van der Waals surface area contributed by atoms with Crippen molar-refractivity contribution in [2.45, 2.75) is 57.5 Å². The van der Waals surface area contributed by atoms with Gasteiger partial charge in [0.2, 0.25) is 0 Å². The van der Waals surface area contributed by atoms with E-state index in [4.69, 9.17) is 4.98 Å². The topological polar surface area (TPSA) is 33.1 Å². The first kappa shape index (κ1) is 11.4. The number of aliphatic hydroxyl groups is 1. The lowest BCUT2D eigenvalue weighted by molar-refractivity contribution is -0.00776. The van der Waals surface area contributed by atoms with Crippen molar-refractivity contribution in [2.24, 2.45) is 17.8 Å².